The normalized spacial score (nSPS) is 12.1. The lowest BCUT2D eigenvalue weighted by molar-refractivity contribution is 0.0947. The number of H-pyrrole nitrogens is 1. The summed E-state index contributed by atoms with van der Waals surface area (Å²) in [6.07, 6.45) is 2.61. The number of amides is 1. The van der Waals surface area contributed by atoms with Crippen molar-refractivity contribution in [3.8, 4) is 0 Å². The smallest absolute Gasteiger partial charge is 0.251 e. The first-order valence-electron chi connectivity index (χ1n) is 9.72. The Morgan fingerprint density at radius 3 is 2.57 bits per heavy atom. The van der Waals surface area contributed by atoms with Crippen molar-refractivity contribution in [1.82, 2.24) is 15.6 Å². The number of carbonyl (C=O) groups excluding carboxylic acids is 2. The van der Waals surface area contributed by atoms with Gasteiger partial charge in [0.05, 0.1) is 6.04 Å². The van der Waals surface area contributed by atoms with Crippen LogP contribution in [0, 0.1) is 6.92 Å². The van der Waals surface area contributed by atoms with Crippen molar-refractivity contribution in [3.05, 3.63) is 70.9 Å². The number of carbonyl (C=O) groups is 2. The minimum Gasteiger partial charge on any atom is -0.360 e. The highest BCUT2D eigenvalue weighted by atomic mass is 16.1. The summed E-state index contributed by atoms with van der Waals surface area (Å²) >= 11 is 0. The van der Waals surface area contributed by atoms with Crippen molar-refractivity contribution >= 4 is 22.6 Å². The Kier molecular flexibility index (Phi) is 6.26. The molecule has 2 aromatic carbocycles. The molecule has 0 aliphatic carbocycles. The number of rotatable bonds is 8. The third-order valence-corrected chi connectivity index (χ3v) is 4.92. The van der Waals surface area contributed by atoms with Gasteiger partial charge in [-0.25, -0.2) is 0 Å². The fraction of sp³-hybridized carbons (Fsp3) is 0.304. The zero-order chi connectivity index (χ0) is 20.1. The number of nitrogens with one attached hydrogen (secondary N) is 3. The van der Waals surface area contributed by atoms with Gasteiger partial charge in [-0.15, -0.1) is 0 Å². The monoisotopic (exact) mass is 377 g/mol. The minimum absolute atomic E-state index is 0.0425. The number of aromatic amines is 1. The van der Waals surface area contributed by atoms with Crippen LogP contribution in [0.15, 0.2) is 48.7 Å². The van der Waals surface area contributed by atoms with Crippen LogP contribution in [0.1, 0.15) is 45.7 Å². The maximum absolute atomic E-state index is 12.9. The van der Waals surface area contributed by atoms with E-state index in [9.17, 15) is 9.59 Å². The second-order valence-electron chi connectivity index (χ2n) is 7.10. The molecule has 28 heavy (non-hydrogen) atoms. The van der Waals surface area contributed by atoms with Gasteiger partial charge in [0.25, 0.3) is 5.91 Å². The predicted molar refractivity (Wildman–Crippen MR) is 113 cm³/mol. The number of aromatic nitrogens is 1. The molecular weight excluding hydrogens is 350 g/mol. The molecule has 0 aliphatic heterocycles. The van der Waals surface area contributed by atoms with Crippen LogP contribution in [0.5, 0.6) is 0 Å². The van der Waals surface area contributed by atoms with Crippen molar-refractivity contribution in [1.29, 1.82) is 0 Å². The molecule has 0 spiro atoms. The highest BCUT2D eigenvalue weighted by Gasteiger charge is 2.19. The minimum atomic E-state index is -0.285. The van der Waals surface area contributed by atoms with Crippen LogP contribution in [0.25, 0.3) is 10.9 Å². The lowest BCUT2D eigenvalue weighted by atomic mass is 10.0. The molecule has 0 saturated heterocycles. The van der Waals surface area contributed by atoms with Crippen LogP contribution in [-0.4, -0.2) is 35.8 Å². The Morgan fingerprint density at radius 1 is 1.11 bits per heavy atom. The largest absolute Gasteiger partial charge is 0.360 e. The van der Waals surface area contributed by atoms with Gasteiger partial charge in [-0.05, 0) is 51.4 Å². The van der Waals surface area contributed by atoms with E-state index in [0.29, 0.717) is 17.7 Å². The summed E-state index contributed by atoms with van der Waals surface area (Å²) in [6.45, 7) is 7.16. The predicted octanol–water partition coefficient (Wildman–Crippen LogP) is 3.63. The van der Waals surface area contributed by atoms with Crippen LogP contribution >= 0.6 is 0 Å². The molecule has 0 bridgehead atoms. The van der Waals surface area contributed by atoms with Crippen LogP contribution in [-0.2, 0) is 6.42 Å². The second-order valence-corrected chi connectivity index (χ2v) is 7.10. The van der Waals surface area contributed by atoms with Gasteiger partial charge in [-0.1, -0.05) is 35.9 Å². The SMILES string of the molecule is CCNC(=O)c1ccc2c(C(=O)[C@H](C)NCCc3ccc(C)cc3)c[nH]c2c1. The summed E-state index contributed by atoms with van der Waals surface area (Å²) in [7, 11) is 0. The maximum atomic E-state index is 12.9. The molecule has 0 unspecified atom stereocenters. The van der Waals surface area contributed by atoms with E-state index in [0.717, 1.165) is 23.9 Å². The summed E-state index contributed by atoms with van der Waals surface area (Å²) in [4.78, 5) is 28.0. The Morgan fingerprint density at radius 2 is 1.86 bits per heavy atom. The average molecular weight is 377 g/mol. The van der Waals surface area contributed by atoms with E-state index < -0.39 is 0 Å². The van der Waals surface area contributed by atoms with E-state index in [1.165, 1.54) is 11.1 Å². The number of ketones is 1. The third kappa shape index (κ3) is 4.49. The van der Waals surface area contributed by atoms with Gasteiger partial charge >= 0.3 is 0 Å². The van der Waals surface area contributed by atoms with E-state index in [1.807, 2.05) is 19.9 Å². The highest BCUT2D eigenvalue weighted by Crippen LogP contribution is 2.21. The zero-order valence-corrected chi connectivity index (χ0v) is 16.6. The van der Waals surface area contributed by atoms with E-state index >= 15 is 0 Å². The number of fused-ring (bicyclic) bond motifs is 1. The second kappa shape index (κ2) is 8.85. The van der Waals surface area contributed by atoms with Gasteiger partial charge in [0, 0.05) is 34.8 Å². The quantitative estimate of drug-likeness (QED) is 0.525. The molecule has 0 saturated carbocycles. The first kappa shape index (κ1) is 19.8. The van der Waals surface area contributed by atoms with Crippen molar-refractivity contribution in [3.63, 3.8) is 0 Å². The van der Waals surface area contributed by atoms with Crippen LogP contribution in [0.2, 0.25) is 0 Å². The molecule has 1 amide bonds. The van der Waals surface area contributed by atoms with Crippen molar-refractivity contribution in [2.45, 2.75) is 33.2 Å². The average Bonchev–Trinajstić information content (AvgIpc) is 3.12. The number of aryl methyl sites for hydroxylation is 1. The summed E-state index contributed by atoms with van der Waals surface area (Å²) in [5, 5.41) is 6.94. The van der Waals surface area contributed by atoms with E-state index in [2.05, 4.69) is 46.8 Å². The van der Waals surface area contributed by atoms with Gasteiger partial charge < -0.3 is 15.6 Å². The lowest BCUT2D eigenvalue weighted by Crippen LogP contribution is -2.35. The van der Waals surface area contributed by atoms with Crippen LogP contribution < -0.4 is 10.6 Å². The van der Waals surface area contributed by atoms with Gasteiger partial charge in [-0.3, -0.25) is 9.59 Å². The van der Waals surface area contributed by atoms with Gasteiger partial charge in [0.15, 0.2) is 5.78 Å². The number of hydrogen-bond acceptors (Lipinski definition) is 3. The summed E-state index contributed by atoms with van der Waals surface area (Å²) in [5.41, 5.74) is 4.52. The molecule has 1 atom stereocenters. The van der Waals surface area contributed by atoms with E-state index in [1.54, 1.807) is 18.3 Å². The summed E-state index contributed by atoms with van der Waals surface area (Å²) < 4.78 is 0. The van der Waals surface area contributed by atoms with E-state index in [-0.39, 0.29) is 17.7 Å². The topological polar surface area (TPSA) is 74.0 Å². The fourth-order valence-electron chi connectivity index (χ4n) is 3.25. The molecule has 5 heteroatoms. The van der Waals surface area contributed by atoms with Gasteiger partial charge in [-0.2, -0.15) is 0 Å². The molecule has 0 fully saturated rings. The molecule has 146 valence electrons. The standard InChI is InChI=1S/C23H27N3O2/c1-4-24-23(28)18-9-10-19-20(14-26-21(19)13-18)22(27)16(3)25-12-11-17-7-5-15(2)6-8-17/h5-10,13-14,16,25-26H,4,11-12H2,1-3H3,(H,24,28)/t16-/m0/s1. The summed E-state index contributed by atoms with van der Waals surface area (Å²) in [6, 6.07) is 13.5. The van der Waals surface area contributed by atoms with E-state index in [4.69, 9.17) is 0 Å². The molecule has 0 aliphatic rings. The number of Topliss-reactive ketones (excluding diaryl/α,β-unsaturated/α-hetero) is 1. The Labute approximate surface area is 165 Å². The van der Waals surface area contributed by atoms with Crippen molar-refractivity contribution in [2.75, 3.05) is 13.1 Å². The Hall–Kier alpha value is -2.92. The molecule has 3 rings (SSSR count). The van der Waals surface area contributed by atoms with Crippen molar-refractivity contribution < 1.29 is 9.59 Å². The third-order valence-electron chi connectivity index (χ3n) is 4.92. The molecule has 0 radical (unpaired) electrons. The first-order chi connectivity index (χ1) is 13.5. The van der Waals surface area contributed by atoms with Crippen molar-refractivity contribution in [2.24, 2.45) is 0 Å². The lowest BCUT2D eigenvalue weighted by Gasteiger charge is -2.12. The maximum Gasteiger partial charge on any atom is 0.251 e. The highest BCUT2D eigenvalue weighted by molar-refractivity contribution is 6.11. The first-order valence-corrected chi connectivity index (χ1v) is 9.72. The van der Waals surface area contributed by atoms with Crippen LogP contribution in [0.4, 0.5) is 0 Å². The number of hydrogen-bond donors (Lipinski definition) is 3. The summed E-state index contributed by atoms with van der Waals surface area (Å²) in [5.74, 6) is -0.0704. The fourth-order valence-corrected chi connectivity index (χ4v) is 3.25. The molecule has 5 nitrogen and oxygen atoms in total. The zero-order valence-electron chi connectivity index (χ0n) is 16.6. The van der Waals surface area contributed by atoms with Gasteiger partial charge in [0.1, 0.15) is 0 Å². The molecule has 3 aromatic rings. The van der Waals surface area contributed by atoms with Gasteiger partial charge in [0.2, 0.25) is 0 Å². The Bertz CT molecular complexity index is 973. The Balaban J connectivity index is 1.65. The molecule has 1 heterocycles. The molecule has 1 aromatic heterocycles. The molecule has 3 N–H and O–H groups in total. The number of benzene rings is 2. The van der Waals surface area contributed by atoms with Crippen LogP contribution in [0.3, 0.4) is 0 Å². The molecular formula is C23H27N3O2.